The number of hydrogen-bond acceptors (Lipinski definition) is 5. The zero-order valence-corrected chi connectivity index (χ0v) is 14.9. The Bertz CT molecular complexity index is 1210. The molecule has 0 fully saturated rings. The molecule has 3 aromatic carbocycles. The number of hydrogen-bond donors (Lipinski definition) is 2. The number of fused-ring (bicyclic) bond motifs is 4. The average Bonchev–Trinajstić information content (AvgIpc) is 3.30. The van der Waals surface area contributed by atoms with Gasteiger partial charge >= 0.3 is 6.03 Å². The number of rotatable bonds is 3. The SMILES string of the molecule is COc1cc2c(cc1NC(=O)Nc1ccc3c(c1)OCO3)oc1ccccc12. The first-order chi connectivity index (χ1) is 13.7. The first-order valence-corrected chi connectivity index (χ1v) is 8.68. The van der Waals surface area contributed by atoms with E-state index in [1.54, 1.807) is 31.4 Å². The molecule has 5 rings (SSSR count). The molecule has 7 nitrogen and oxygen atoms in total. The van der Waals surface area contributed by atoms with E-state index in [9.17, 15) is 4.79 Å². The Morgan fingerprint density at radius 2 is 1.79 bits per heavy atom. The first kappa shape index (κ1) is 16.3. The van der Waals surface area contributed by atoms with Gasteiger partial charge in [0, 0.05) is 28.6 Å². The highest BCUT2D eigenvalue weighted by atomic mass is 16.7. The van der Waals surface area contributed by atoms with Gasteiger partial charge in [0.15, 0.2) is 11.5 Å². The summed E-state index contributed by atoms with van der Waals surface area (Å²) in [6, 6.07) is 16.2. The van der Waals surface area contributed by atoms with Gasteiger partial charge in [-0.15, -0.1) is 0 Å². The van der Waals surface area contributed by atoms with Crippen LogP contribution in [-0.4, -0.2) is 19.9 Å². The molecule has 2 amide bonds. The van der Waals surface area contributed by atoms with Crippen LogP contribution in [0.5, 0.6) is 17.2 Å². The Balaban J connectivity index is 1.43. The summed E-state index contributed by atoms with van der Waals surface area (Å²) >= 11 is 0. The second-order valence-electron chi connectivity index (χ2n) is 6.29. The predicted molar refractivity (Wildman–Crippen MR) is 105 cm³/mol. The van der Waals surface area contributed by atoms with Crippen LogP contribution in [0.15, 0.2) is 59.0 Å². The van der Waals surface area contributed by atoms with Crippen molar-refractivity contribution in [1.29, 1.82) is 0 Å². The van der Waals surface area contributed by atoms with Gasteiger partial charge in [0.1, 0.15) is 16.9 Å². The number of para-hydroxylation sites is 1. The number of amides is 2. The molecule has 28 heavy (non-hydrogen) atoms. The minimum Gasteiger partial charge on any atom is -0.495 e. The quantitative estimate of drug-likeness (QED) is 0.528. The van der Waals surface area contributed by atoms with Gasteiger partial charge in [0.05, 0.1) is 12.8 Å². The Morgan fingerprint density at radius 3 is 2.68 bits per heavy atom. The van der Waals surface area contributed by atoms with Crippen molar-refractivity contribution in [2.24, 2.45) is 0 Å². The third kappa shape index (κ3) is 2.73. The van der Waals surface area contributed by atoms with Crippen molar-refractivity contribution < 1.29 is 23.4 Å². The van der Waals surface area contributed by atoms with Crippen molar-refractivity contribution in [3.63, 3.8) is 0 Å². The van der Waals surface area contributed by atoms with E-state index >= 15 is 0 Å². The molecule has 1 aromatic heterocycles. The van der Waals surface area contributed by atoms with Gasteiger partial charge in [-0.3, -0.25) is 0 Å². The molecular weight excluding hydrogens is 360 g/mol. The number of carbonyl (C=O) groups excluding carboxylic acids is 1. The monoisotopic (exact) mass is 376 g/mol. The summed E-state index contributed by atoms with van der Waals surface area (Å²) < 4.78 is 21.9. The molecule has 4 aromatic rings. The van der Waals surface area contributed by atoms with E-state index < -0.39 is 6.03 Å². The van der Waals surface area contributed by atoms with E-state index in [0.29, 0.717) is 34.2 Å². The molecule has 0 radical (unpaired) electrons. The van der Waals surface area contributed by atoms with Crippen LogP contribution in [0.2, 0.25) is 0 Å². The van der Waals surface area contributed by atoms with E-state index in [2.05, 4.69) is 10.6 Å². The molecule has 2 heterocycles. The fourth-order valence-corrected chi connectivity index (χ4v) is 3.28. The van der Waals surface area contributed by atoms with Crippen molar-refractivity contribution in [2.45, 2.75) is 0 Å². The van der Waals surface area contributed by atoms with Gasteiger partial charge in [-0.1, -0.05) is 18.2 Å². The van der Waals surface area contributed by atoms with Crippen LogP contribution in [0.1, 0.15) is 0 Å². The first-order valence-electron chi connectivity index (χ1n) is 8.68. The molecule has 7 heteroatoms. The Morgan fingerprint density at radius 1 is 0.929 bits per heavy atom. The van der Waals surface area contributed by atoms with Gasteiger partial charge in [-0.25, -0.2) is 4.79 Å². The molecule has 0 atom stereocenters. The van der Waals surface area contributed by atoms with Crippen LogP contribution < -0.4 is 24.8 Å². The third-order valence-electron chi connectivity index (χ3n) is 4.58. The lowest BCUT2D eigenvalue weighted by atomic mass is 10.1. The number of carbonyl (C=O) groups is 1. The number of benzene rings is 3. The second kappa shape index (κ2) is 6.38. The lowest BCUT2D eigenvalue weighted by Crippen LogP contribution is -2.19. The highest BCUT2D eigenvalue weighted by Gasteiger charge is 2.16. The summed E-state index contributed by atoms with van der Waals surface area (Å²) in [5, 5.41) is 7.50. The normalized spacial score (nSPS) is 12.3. The fourth-order valence-electron chi connectivity index (χ4n) is 3.28. The molecule has 1 aliphatic heterocycles. The lowest BCUT2D eigenvalue weighted by Gasteiger charge is -2.11. The second-order valence-corrected chi connectivity index (χ2v) is 6.29. The summed E-state index contributed by atoms with van der Waals surface area (Å²) in [5.41, 5.74) is 2.54. The highest BCUT2D eigenvalue weighted by Crippen LogP contribution is 2.37. The number of ether oxygens (including phenoxy) is 3. The molecule has 0 unspecified atom stereocenters. The number of nitrogens with one attached hydrogen (secondary N) is 2. The zero-order valence-electron chi connectivity index (χ0n) is 14.9. The van der Waals surface area contributed by atoms with Crippen LogP contribution >= 0.6 is 0 Å². The maximum atomic E-state index is 12.5. The van der Waals surface area contributed by atoms with Crippen molar-refractivity contribution in [2.75, 3.05) is 24.5 Å². The molecule has 0 bridgehead atoms. The lowest BCUT2D eigenvalue weighted by molar-refractivity contribution is 0.174. The van der Waals surface area contributed by atoms with E-state index in [1.807, 2.05) is 30.3 Å². The number of methoxy groups -OCH3 is 1. The van der Waals surface area contributed by atoms with Gasteiger partial charge < -0.3 is 29.3 Å². The van der Waals surface area contributed by atoms with Crippen LogP contribution in [-0.2, 0) is 0 Å². The van der Waals surface area contributed by atoms with E-state index in [1.165, 1.54) is 0 Å². The number of furan rings is 1. The molecule has 0 aliphatic carbocycles. The summed E-state index contributed by atoms with van der Waals surface area (Å²) in [6.45, 7) is 0.180. The number of urea groups is 1. The molecule has 0 spiro atoms. The third-order valence-corrected chi connectivity index (χ3v) is 4.58. The average molecular weight is 376 g/mol. The van der Waals surface area contributed by atoms with Crippen LogP contribution in [0.4, 0.5) is 16.2 Å². The molecule has 0 saturated heterocycles. The summed E-state index contributed by atoms with van der Waals surface area (Å²) in [4.78, 5) is 12.5. The molecular formula is C21H16N2O5. The maximum Gasteiger partial charge on any atom is 0.323 e. The van der Waals surface area contributed by atoms with E-state index in [4.69, 9.17) is 18.6 Å². The van der Waals surface area contributed by atoms with Crippen molar-refractivity contribution in [3.8, 4) is 17.2 Å². The summed E-state index contributed by atoms with van der Waals surface area (Å²) in [5.74, 6) is 1.79. The van der Waals surface area contributed by atoms with Crippen molar-refractivity contribution in [3.05, 3.63) is 54.6 Å². The van der Waals surface area contributed by atoms with Crippen LogP contribution in [0, 0.1) is 0 Å². The minimum atomic E-state index is -0.410. The van der Waals surface area contributed by atoms with Gasteiger partial charge in [-0.05, 0) is 24.3 Å². The Kier molecular flexibility index (Phi) is 3.72. The molecule has 2 N–H and O–H groups in total. The summed E-state index contributed by atoms with van der Waals surface area (Å²) in [6.07, 6.45) is 0. The standard InChI is InChI=1S/C21H16N2O5/c1-25-19-9-14-13-4-2-3-5-16(13)28-18(14)10-15(19)23-21(24)22-12-6-7-17-20(8-12)27-11-26-17/h2-10H,11H2,1H3,(H2,22,23,24). The number of anilines is 2. The predicted octanol–water partition coefficient (Wildman–Crippen LogP) is 4.97. The molecule has 0 saturated carbocycles. The minimum absolute atomic E-state index is 0.180. The summed E-state index contributed by atoms with van der Waals surface area (Å²) in [7, 11) is 1.56. The van der Waals surface area contributed by atoms with E-state index in [-0.39, 0.29) is 6.79 Å². The van der Waals surface area contributed by atoms with Crippen molar-refractivity contribution >= 4 is 39.3 Å². The highest BCUT2D eigenvalue weighted by molar-refractivity contribution is 6.08. The van der Waals surface area contributed by atoms with Crippen molar-refractivity contribution in [1.82, 2.24) is 0 Å². The van der Waals surface area contributed by atoms with Crippen LogP contribution in [0.25, 0.3) is 21.9 Å². The largest absolute Gasteiger partial charge is 0.495 e. The van der Waals surface area contributed by atoms with Gasteiger partial charge in [0.2, 0.25) is 6.79 Å². The van der Waals surface area contributed by atoms with E-state index in [0.717, 1.165) is 16.4 Å². The topological polar surface area (TPSA) is 82.0 Å². The fraction of sp³-hybridized carbons (Fsp3) is 0.0952. The Labute approximate surface area is 159 Å². The maximum absolute atomic E-state index is 12.5. The van der Waals surface area contributed by atoms with Gasteiger partial charge in [0.25, 0.3) is 0 Å². The van der Waals surface area contributed by atoms with Gasteiger partial charge in [-0.2, -0.15) is 0 Å². The molecule has 1 aliphatic rings. The molecule has 140 valence electrons. The zero-order chi connectivity index (χ0) is 19.1. The van der Waals surface area contributed by atoms with Crippen LogP contribution in [0.3, 0.4) is 0 Å². The Hall–Kier alpha value is -3.87. The smallest absolute Gasteiger partial charge is 0.323 e.